The zero-order valence-corrected chi connectivity index (χ0v) is 11.3. The number of rotatable bonds is 1. The number of carbonyl (C=O) groups is 1. The van der Waals surface area contributed by atoms with E-state index in [2.05, 4.69) is 39.4 Å². The molecule has 90 valence electrons. The Morgan fingerprint density at radius 1 is 1.24 bits per heavy atom. The number of hydrogen-bond acceptors (Lipinski definition) is 1. The highest BCUT2D eigenvalue weighted by Gasteiger charge is 2.52. The molecule has 1 aromatic rings. The van der Waals surface area contributed by atoms with Gasteiger partial charge in [0.15, 0.2) is 0 Å². The van der Waals surface area contributed by atoms with Gasteiger partial charge < -0.3 is 5.32 Å². The van der Waals surface area contributed by atoms with Crippen LogP contribution in [0.2, 0.25) is 0 Å². The Labute approximate surface area is 110 Å². The Balaban J connectivity index is 2.03. The lowest BCUT2D eigenvalue weighted by atomic mass is 9.73. The number of amides is 1. The summed E-state index contributed by atoms with van der Waals surface area (Å²) in [6.45, 7) is 0.793. The molecule has 0 radical (unpaired) electrons. The van der Waals surface area contributed by atoms with E-state index in [0.29, 0.717) is 5.92 Å². The smallest absolute Gasteiger partial charge is 0.226 e. The van der Waals surface area contributed by atoms with Gasteiger partial charge in [0.2, 0.25) is 5.91 Å². The molecule has 3 rings (SSSR count). The predicted octanol–water partition coefficient (Wildman–Crippen LogP) is 3.22. The normalized spacial score (nSPS) is 26.4. The number of nitrogens with one attached hydrogen (secondary N) is 1. The first-order chi connectivity index (χ1) is 8.24. The number of carbonyl (C=O) groups excluding carboxylic acids is 1. The van der Waals surface area contributed by atoms with Crippen LogP contribution in [0.25, 0.3) is 0 Å². The van der Waals surface area contributed by atoms with Crippen molar-refractivity contribution >= 4 is 21.8 Å². The van der Waals surface area contributed by atoms with Crippen molar-refractivity contribution < 1.29 is 4.79 Å². The van der Waals surface area contributed by atoms with E-state index in [9.17, 15) is 4.79 Å². The monoisotopic (exact) mass is 293 g/mol. The van der Waals surface area contributed by atoms with Crippen molar-refractivity contribution in [2.24, 2.45) is 5.41 Å². The van der Waals surface area contributed by atoms with Crippen molar-refractivity contribution in [2.45, 2.75) is 31.6 Å². The van der Waals surface area contributed by atoms with Crippen LogP contribution in [0.1, 0.15) is 37.2 Å². The summed E-state index contributed by atoms with van der Waals surface area (Å²) in [6, 6.07) is 8.31. The van der Waals surface area contributed by atoms with Crippen LogP contribution >= 0.6 is 15.9 Å². The van der Waals surface area contributed by atoms with Crippen molar-refractivity contribution in [3.8, 4) is 0 Å². The van der Waals surface area contributed by atoms with Gasteiger partial charge in [0.05, 0.1) is 5.41 Å². The van der Waals surface area contributed by atoms with Crippen LogP contribution in [-0.4, -0.2) is 12.5 Å². The van der Waals surface area contributed by atoms with Crippen LogP contribution in [0.3, 0.4) is 0 Å². The fourth-order valence-electron chi connectivity index (χ4n) is 3.47. The van der Waals surface area contributed by atoms with Crippen molar-refractivity contribution in [1.29, 1.82) is 0 Å². The van der Waals surface area contributed by atoms with Crippen molar-refractivity contribution in [2.75, 3.05) is 6.54 Å². The van der Waals surface area contributed by atoms with E-state index < -0.39 is 0 Å². The minimum atomic E-state index is -0.121. The first kappa shape index (κ1) is 11.3. The van der Waals surface area contributed by atoms with Crippen LogP contribution in [0.15, 0.2) is 28.7 Å². The van der Waals surface area contributed by atoms with Gasteiger partial charge in [-0.05, 0) is 24.5 Å². The van der Waals surface area contributed by atoms with Crippen molar-refractivity contribution in [3.63, 3.8) is 0 Å². The van der Waals surface area contributed by atoms with E-state index in [1.54, 1.807) is 0 Å². The fourth-order valence-corrected chi connectivity index (χ4v) is 4.03. The van der Waals surface area contributed by atoms with Gasteiger partial charge in [0.25, 0.3) is 0 Å². The van der Waals surface area contributed by atoms with Gasteiger partial charge in [0, 0.05) is 16.9 Å². The summed E-state index contributed by atoms with van der Waals surface area (Å²) in [5.74, 6) is 0.615. The fraction of sp³-hybridized carbons (Fsp3) is 0.500. The average Bonchev–Trinajstić information content (AvgIpc) is 2.92. The summed E-state index contributed by atoms with van der Waals surface area (Å²) in [5, 5.41) is 3.07. The SMILES string of the molecule is O=C1NC[C@@H](c2ccccc2Br)C12CCCC2. The zero-order valence-electron chi connectivity index (χ0n) is 9.71. The molecule has 17 heavy (non-hydrogen) atoms. The van der Waals surface area contributed by atoms with Crippen LogP contribution < -0.4 is 5.32 Å². The van der Waals surface area contributed by atoms with Crippen LogP contribution in [0.5, 0.6) is 0 Å². The predicted molar refractivity (Wildman–Crippen MR) is 70.8 cm³/mol. The molecular weight excluding hydrogens is 278 g/mol. The topological polar surface area (TPSA) is 29.1 Å². The largest absolute Gasteiger partial charge is 0.355 e. The maximum absolute atomic E-state index is 12.2. The number of halogens is 1. The van der Waals surface area contributed by atoms with E-state index in [1.807, 2.05) is 6.07 Å². The molecule has 1 spiro atoms. The Morgan fingerprint density at radius 2 is 1.94 bits per heavy atom. The third-order valence-electron chi connectivity index (χ3n) is 4.36. The summed E-state index contributed by atoms with van der Waals surface area (Å²) in [5.41, 5.74) is 1.16. The zero-order chi connectivity index (χ0) is 11.9. The lowest BCUT2D eigenvalue weighted by Gasteiger charge is -2.28. The lowest BCUT2D eigenvalue weighted by molar-refractivity contribution is -0.127. The van der Waals surface area contributed by atoms with E-state index >= 15 is 0 Å². The Kier molecular flexibility index (Phi) is 2.74. The molecule has 2 nitrogen and oxygen atoms in total. The Morgan fingerprint density at radius 3 is 2.65 bits per heavy atom. The highest BCUT2D eigenvalue weighted by Crippen LogP contribution is 2.52. The van der Waals surface area contributed by atoms with E-state index in [-0.39, 0.29) is 11.3 Å². The standard InChI is InChI=1S/C14H16BrNO/c15-12-6-2-1-5-10(12)11-9-16-13(17)14(11)7-3-4-8-14/h1-2,5-6,11H,3-4,7-9H2,(H,16,17)/t11-/m0/s1. The average molecular weight is 294 g/mol. The minimum Gasteiger partial charge on any atom is -0.355 e. The van der Waals surface area contributed by atoms with Gasteiger partial charge in [-0.25, -0.2) is 0 Å². The molecule has 1 aliphatic heterocycles. The Bertz CT molecular complexity index is 451. The van der Waals surface area contributed by atoms with Gasteiger partial charge in [-0.2, -0.15) is 0 Å². The highest BCUT2D eigenvalue weighted by molar-refractivity contribution is 9.10. The van der Waals surface area contributed by atoms with E-state index in [0.717, 1.165) is 23.9 Å². The third-order valence-corrected chi connectivity index (χ3v) is 5.08. The van der Waals surface area contributed by atoms with E-state index in [1.165, 1.54) is 18.4 Å². The molecule has 1 aromatic carbocycles. The summed E-state index contributed by atoms with van der Waals surface area (Å²) < 4.78 is 1.13. The molecule has 1 saturated carbocycles. The van der Waals surface area contributed by atoms with Crippen LogP contribution in [-0.2, 0) is 4.79 Å². The second kappa shape index (κ2) is 4.13. The number of benzene rings is 1. The van der Waals surface area contributed by atoms with Crippen molar-refractivity contribution in [3.05, 3.63) is 34.3 Å². The van der Waals surface area contributed by atoms with Gasteiger partial charge >= 0.3 is 0 Å². The van der Waals surface area contributed by atoms with Crippen LogP contribution in [0.4, 0.5) is 0 Å². The molecule has 1 amide bonds. The van der Waals surface area contributed by atoms with Gasteiger partial charge in [-0.15, -0.1) is 0 Å². The summed E-state index contributed by atoms with van der Waals surface area (Å²) in [4.78, 5) is 12.2. The van der Waals surface area contributed by atoms with Gasteiger partial charge in [0.1, 0.15) is 0 Å². The molecule has 0 unspecified atom stereocenters. The molecule has 1 N–H and O–H groups in total. The quantitative estimate of drug-likeness (QED) is 0.846. The minimum absolute atomic E-state index is 0.121. The van der Waals surface area contributed by atoms with Crippen LogP contribution in [0, 0.1) is 5.41 Å². The molecule has 1 heterocycles. The maximum Gasteiger partial charge on any atom is 0.226 e. The molecule has 1 atom stereocenters. The van der Waals surface area contributed by atoms with Crippen molar-refractivity contribution in [1.82, 2.24) is 5.32 Å². The molecule has 0 aromatic heterocycles. The van der Waals surface area contributed by atoms with Gasteiger partial charge in [-0.3, -0.25) is 4.79 Å². The number of hydrogen-bond donors (Lipinski definition) is 1. The molecule has 1 aliphatic carbocycles. The second-order valence-electron chi connectivity index (χ2n) is 5.15. The van der Waals surface area contributed by atoms with E-state index in [4.69, 9.17) is 0 Å². The molecule has 0 bridgehead atoms. The Hall–Kier alpha value is -0.830. The molecule has 2 fully saturated rings. The molecular formula is C14H16BrNO. The second-order valence-corrected chi connectivity index (χ2v) is 6.00. The summed E-state index contributed by atoms with van der Waals surface area (Å²) in [6.07, 6.45) is 4.47. The summed E-state index contributed by atoms with van der Waals surface area (Å²) in [7, 11) is 0. The first-order valence-electron chi connectivity index (χ1n) is 6.27. The molecule has 1 saturated heterocycles. The summed E-state index contributed by atoms with van der Waals surface area (Å²) >= 11 is 3.62. The third kappa shape index (κ3) is 1.63. The molecule has 2 aliphatic rings. The highest BCUT2D eigenvalue weighted by atomic mass is 79.9. The lowest BCUT2D eigenvalue weighted by Crippen LogP contribution is -2.31. The van der Waals surface area contributed by atoms with Gasteiger partial charge in [-0.1, -0.05) is 47.0 Å². The molecule has 3 heteroatoms. The maximum atomic E-state index is 12.2. The first-order valence-corrected chi connectivity index (χ1v) is 7.06.